The van der Waals surface area contributed by atoms with Crippen LogP contribution in [0.5, 0.6) is 5.75 Å². The second kappa shape index (κ2) is 6.88. The van der Waals surface area contributed by atoms with Gasteiger partial charge < -0.3 is 10.1 Å². The molecule has 0 fully saturated rings. The molecule has 0 radical (unpaired) electrons. The summed E-state index contributed by atoms with van der Waals surface area (Å²) in [5, 5.41) is 2.85. The fraction of sp³-hybridized carbons (Fsp3) is 0.350. The lowest BCUT2D eigenvalue weighted by molar-refractivity contribution is -0.117. The SMILES string of the molecule is COc1cc(C)c(C)cc1S(=O)(=O)Nc1ccc2c(c1)C(C(C)C)C(=O)N2. The highest BCUT2D eigenvalue weighted by Gasteiger charge is 2.33. The molecule has 0 aromatic heterocycles. The third kappa shape index (κ3) is 3.51. The normalized spacial score (nSPS) is 16.2. The standard InChI is InChI=1S/C20H24N2O4S/c1-11(2)19-15-10-14(6-7-16(15)21-20(19)23)22-27(24,25)18-9-13(4)12(3)8-17(18)26-5/h6-11,19,22H,1-5H3,(H,21,23). The number of nitrogens with one attached hydrogen (secondary N) is 2. The molecule has 3 rings (SSSR count). The fourth-order valence-corrected chi connectivity index (χ4v) is 4.64. The van der Waals surface area contributed by atoms with Crippen molar-refractivity contribution >= 4 is 27.3 Å². The van der Waals surface area contributed by atoms with E-state index in [1.807, 2.05) is 27.7 Å². The van der Waals surface area contributed by atoms with Gasteiger partial charge in [0.05, 0.1) is 13.0 Å². The molecule has 0 saturated carbocycles. The molecule has 0 saturated heterocycles. The fourth-order valence-electron chi connectivity index (χ4n) is 3.35. The summed E-state index contributed by atoms with van der Waals surface area (Å²) in [6.07, 6.45) is 0. The number of anilines is 2. The topological polar surface area (TPSA) is 84.5 Å². The van der Waals surface area contributed by atoms with Crippen LogP contribution in [0.25, 0.3) is 0 Å². The van der Waals surface area contributed by atoms with E-state index >= 15 is 0 Å². The second-order valence-electron chi connectivity index (χ2n) is 7.21. The minimum Gasteiger partial charge on any atom is -0.495 e. The van der Waals surface area contributed by atoms with Gasteiger partial charge in [0.15, 0.2) is 0 Å². The zero-order chi connectivity index (χ0) is 19.9. The van der Waals surface area contributed by atoms with Crippen molar-refractivity contribution in [2.75, 3.05) is 17.1 Å². The lowest BCUT2D eigenvalue weighted by Crippen LogP contribution is -2.17. The van der Waals surface area contributed by atoms with Crippen LogP contribution in [-0.2, 0) is 14.8 Å². The van der Waals surface area contributed by atoms with Crippen LogP contribution in [0.15, 0.2) is 35.2 Å². The Morgan fingerprint density at radius 3 is 2.41 bits per heavy atom. The molecule has 0 spiro atoms. The van der Waals surface area contributed by atoms with E-state index in [-0.39, 0.29) is 22.6 Å². The molecule has 7 heteroatoms. The highest BCUT2D eigenvalue weighted by atomic mass is 32.2. The number of rotatable bonds is 5. The molecule has 1 aliphatic rings. The van der Waals surface area contributed by atoms with Crippen LogP contribution in [0.1, 0.15) is 36.5 Å². The van der Waals surface area contributed by atoms with Gasteiger partial charge >= 0.3 is 0 Å². The lowest BCUT2D eigenvalue weighted by atomic mass is 9.89. The number of benzene rings is 2. The maximum Gasteiger partial charge on any atom is 0.265 e. The Bertz CT molecular complexity index is 1010. The van der Waals surface area contributed by atoms with Gasteiger partial charge in [0.1, 0.15) is 10.6 Å². The maximum absolute atomic E-state index is 13.0. The largest absolute Gasteiger partial charge is 0.495 e. The molecule has 27 heavy (non-hydrogen) atoms. The van der Waals surface area contributed by atoms with Crippen molar-refractivity contribution in [3.05, 3.63) is 47.0 Å². The molecule has 1 unspecified atom stereocenters. The summed E-state index contributed by atoms with van der Waals surface area (Å²) in [5.74, 6) is 0.0538. The molecule has 1 atom stereocenters. The number of hydrogen-bond acceptors (Lipinski definition) is 4. The van der Waals surface area contributed by atoms with E-state index in [4.69, 9.17) is 4.74 Å². The van der Waals surface area contributed by atoms with E-state index in [0.29, 0.717) is 11.4 Å². The molecule has 2 N–H and O–H groups in total. The van der Waals surface area contributed by atoms with Crippen LogP contribution in [0.4, 0.5) is 11.4 Å². The predicted molar refractivity (Wildman–Crippen MR) is 106 cm³/mol. The number of carbonyl (C=O) groups is 1. The van der Waals surface area contributed by atoms with Crippen LogP contribution >= 0.6 is 0 Å². The maximum atomic E-state index is 13.0. The first-order chi connectivity index (χ1) is 12.6. The first-order valence-corrected chi connectivity index (χ1v) is 10.2. The van der Waals surface area contributed by atoms with Gasteiger partial charge in [0, 0.05) is 11.4 Å². The Balaban J connectivity index is 1.99. The molecule has 1 heterocycles. The van der Waals surface area contributed by atoms with Crippen LogP contribution in [-0.4, -0.2) is 21.4 Å². The van der Waals surface area contributed by atoms with Crippen LogP contribution < -0.4 is 14.8 Å². The van der Waals surface area contributed by atoms with Crippen LogP contribution in [0.2, 0.25) is 0 Å². The van der Waals surface area contributed by atoms with Crippen molar-refractivity contribution in [3.63, 3.8) is 0 Å². The average Bonchev–Trinajstić information content (AvgIpc) is 2.91. The molecule has 6 nitrogen and oxygen atoms in total. The summed E-state index contributed by atoms with van der Waals surface area (Å²) in [7, 11) is -2.40. The number of methoxy groups -OCH3 is 1. The van der Waals surface area contributed by atoms with Crippen molar-refractivity contribution in [3.8, 4) is 5.75 Å². The quantitative estimate of drug-likeness (QED) is 0.816. The molecule has 2 aromatic rings. The summed E-state index contributed by atoms with van der Waals surface area (Å²) in [5.41, 5.74) is 3.76. The lowest BCUT2D eigenvalue weighted by Gasteiger charge is -2.16. The second-order valence-corrected chi connectivity index (χ2v) is 8.86. The van der Waals surface area contributed by atoms with Crippen molar-refractivity contribution < 1.29 is 17.9 Å². The van der Waals surface area contributed by atoms with Gasteiger partial charge in [-0.2, -0.15) is 0 Å². The smallest absolute Gasteiger partial charge is 0.265 e. The molecule has 2 aromatic carbocycles. The molecule has 1 amide bonds. The van der Waals surface area contributed by atoms with E-state index in [0.717, 1.165) is 22.4 Å². The number of amides is 1. The van der Waals surface area contributed by atoms with Gasteiger partial charge in [-0.1, -0.05) is 13.8 Å². The predicted octanol–water partition coefficient (Wildman–Crippen LogP) is 3.80. The molecule has 0 aliphatic carbocycles. The number of hydrogen-bond donors (Lipinski definition) is 2. The highest BCUT2D eigenvalue weighted by molar-refractivity contribution is 7.92. The van der Waals surface area contributed by atoms with Gasteiger partial charge in [0.25, 0.3) is 10.0 Å². The Morgan fingerprint density at radius 2 is 1.78 bits per heavy atom. The molecule has 144 valence electrons. The van der Waals surface area contributed by atoms with Crippen LogP contribution in [0.3, 0.4) is 0 Å². The van der Waals surface area contributed by atoms with E-state index < -0.39 is 10.0 Å². The Morgan fingerprint density at radius 1 is 1.11 bits per heavy atom. The summed E-state index contributed by atoms with van der Waals surface area (Å²) in [6, 6.07) is 8.41. The number of ether oxygens (including phenoxy) is 1. The van der Waals surface area contributed by atoms with Crippen molar-refractivity contribution in [2.45, 2.75) is 38.5 Å². The Hall–Kier alpha value is -2.54. The van der Waals surface area contributed by atoms with Crippen molar-refractivity contribution in [2.24, 2.45) is 5.92 Å². The number of fused-ring (bicyclic) bond motifs is 1. The van der Waals surface area contributed by atoms with Gasteiger partial charge in [-0.05, 0) is 66.8 Å². The summed E-state index contributed by atoms with van der Waals surface area (Å²) in [4.78, 5) is 12.3. The third-order valence-corrected chi connectivity index (χ3v) is 6.32. The summed E-state index contributed by atoms with van der Waals surface area (Å²) >= 11 is 0. The van der Waals surface area contributed by atoms with Crippen molar-refractivity contribution in [1.29, 1.82) is 0 Å². The number of aryl methyl sites for hydroxylation is 2. The summed E-state index contributed by atoms with van der Waals surface area (Å²) < 4.78 is 33.8. The van der Waals surface area contributed by atoms with E-state index in [9.17, 15) is 13.2 Å². The van der Waals surface area contributed by atoms with Gasteiger partial charge in [-0.3, -0.25) is 9.52 Å². The monoisotopic (exact) mass is 388 g/mol. The molecular weight excluding hydrogens is 364 g/mol. The van der Waals surface area contributed by atoms with Crippen molar-refractivity contribution in [1.82, 2.24) is 0 Å². The molecule has 1 aliphatic heterocycles. The Labute approximate surface area is 160 Å². The minimum atomic E-state index is -3.84. The zero-order valence-electron chi connectivity index (χ0n) is 16.1. The minimum absolute atomic E-state index is 0.0594. The van der Waals surface area contributed by atoms with E-state index in [1.54, 1.807) is 30.3 Å². The van der Waals surface area contributed by atoms with E-state index in [2.05, 4.69) is 10.0 Å². The number of carbonyl (C=O) groups excluding carboxylic acids is 1. The first kappa shape index (κ1) is 19.2. The van der Waals surface area contributed by atoms with Crippen LogP contribution in [0, 0.1) is 19.8 Å². The highest BCUT2D eigenvalue weighted by Crippen LogP contribution is 2.39. The molecular formula is C20H24N2O4S. The Kier molecular flexibility index (Phi) is 4.90. The van der Waals surface area contributed by atoms with E-state index in [1.165, 1.54) is 7.11 Å². The first-order valence-electron chi connectivity index (χ1n) is 8.77. The zero-order valence-corrected chi connectivity index (χ0v) is 16.9. The molecule has 0 bridgehead atoms. The van der Waals surface area contributed by atoms with Gasteiger partial charge in [-0.15, -0.1) is 0 Å². The van der Waals surface area contributed by atoms with Gasteiger partial charge in [-0.25, -0.2) is 8.42 Å². The summed E-state index contributed by atoms with van der Waals surface area (Å²) in [6.45, 7) is 7.69. The third-order valence-electron chi connectivity index (χ3n) is 4.92. The number of sulfonamides is 1. The van der Waals surface area contributed by atoms with Gasteiger partial charge in [0.2, 0.25) is 5.91 Å². The average molecular weight is 388 g/mol.